The number of allylic oxidation sites excluding steroid dienone is 1. The van der Waals surface area contributed by atoms with Crippen molar-refractivity contribution in [1.82, 2.24) is 0 Å². The van der Waals surface area contributed by atoms with Gasteiger partial charge in [-0.15, -0.1) is 0 Å². The number of rotatable bonds is 15. The number of aliphatic hydroxyl groups excluding tert-OH is 2. The summed E-state index contributed by atoms with van der Waals surface area (Å²) in [6.45, 7) is 21.5. The van der Waals surface area contributed by atoms with Crippen LogP contribution in [0.25, 0.3) is 0 Å². The van der Waals surface area contributed by atoms with Gasteiger partial charge >= 0.3 is 5.97 Å². The van der Waals surface area contributed by atoms with Crippen LogP contribution in [-0.4, -0.2) is 35.0 Å². The van der Waals surface area contributed by atoms with E-state index in [1.165, 1.54) is 89.0 Å². The second-order valence-corrected chi connectivity index (χ2v) is 19.4. The molecule has 4 nitrogen and oxygen atoms in total. The van der Waals surface area contributed by atoms with Crippen molar-refractivity contribution >= 4 is 5.97 Å². The fraction of sp³-hybridized carbons (Fsp3) is 0.932. The molecule has 5 aliphatic rings. The molecule has 11 atom stereocenters. The molecule has 48 heavy (non-hydrogen) atoms. The monoisotopic (exact) mass is 669 g/mol. The minimum atomic E-state index is -0.453. The molecule has 0 spiro atoms. The number of aliphatic hydroxyl groups is 2. The molecule has 0 aromatic rings. The lowest BCUT2D eigenvalue weighted by Crippen LogP contribution is -2.68. The fourth-order valence-electron chi connectivity index (χ4n) is 14.0. The lowest BCUT2D eigenvalue weighted by molar-refractivity contribution is -0.267. The van der Waals surface area contributed by atoms with Gasteiger partial charge in [-0.1, -0.05) is 118 Å². The van der Waals surface area contributed by atoms with Crippen LogP contribution in [0.3, 0.4) is 0 Å². The molecule has 5 aliphatic carbocycles. The first kappa shape index (κ1) is 38.4. The summed E-state index contributed by atoms with van der Waals surface area (Å²) in [6.07, 6.45) is 24.0. The lowest BCUT2D eigenvalue weighted by Gasteiger charge is -2.73. The highest BCUT2D eigenvalue weighted by Gasteiger charge is 2.72. The number of hydrogen-bond acceptors (Lipinski definition) is 4. The Hall–Kier alpha value is -0.870. The SMILES string of the molecule is C=C(C)[C@@H]1CC[C@@]2(CO)[C@H]1[C@@H]1CC[C@@H]3[C@@]4(C)CC[C@H](OC(=O)CCCCCCCCCCCCC)C(C)(C)[C@@H]4CC[C@@]3(C)[C@]1(C)C[C@@H]2O. The van der Waals surface area contributed by atoms with Crippen LogP contribution in [0.15, 0.2) is 12.2 Å². The van der Waals surface area contributed by atoms with Crippen LogP contribution in [0, 0.1) is 56.7 Å². The summed E-state index contributed by atoms with van der Waals surface area (Å²) >= 11 is 0. The van der Waals surface area contributed by atoms with E-state index in [2.05, 4.69) is 55.0 Å². The van der Waals surface area contributed by atoms with Crippen LogP contribution < -0.4 is 0 Å². The summed E-state index contributed by atoms with van der Waals surface area (Å²) in [4.78, 5) is 13.2. The predicted molar refractivity (Wildman–Crippen MR) is 198 cm³/mol. The van der Waals surface area contributed by atoms with Gasteiger partial charge in [0.25, 0.3) is 0 Å². The van der Waals surface area contributed by atoms with Crippen molar-refractivity contribution in [2.75, 3.05) is 6.61 Å². The van der Waals surface area contributed by atoms with Crippen LogP contribution in [0.5, 0.6) is 0 Å². The van der Waals surface area contributed by atoms with E-state index in [1.54, 1.807) is 0 Å². The summed E-state index contributed by atoms with van der Waals surface area (Å²) < 4.78 is 6.37. The second-order valence-electron chi connectivity index (χ2n) is 19.4. The van der Waals surface area contributed by atoms with Crippen molar-refractivity contribution in [1.29, 1.82) is 0 Å². The predicted octanol–water partition coefficient (Wildman–Crippen LogP) is 11.2. The molecule has 0 heterocycles. The van der Waals surface area contributed by atoms with E-state index in [-0.39, 0.29) is 45.8 Å². The molecule has 0 radical (unpaired) electrons. The quantitative estimate of drug-likeness (QED) is 0.104. The molecule has 5 saturated carbocycles. The molecule has 0 unspecified atom stereocenters. The van der Waals surface area contributed by atoms with Crippen molar-refractivity contribution in [3.05, 3.63) is 12.2 Å². The first-order chi connectivity index (χ1) is 22.7. The van der Waals surface area contributed by atoms with Crippen molar-refractivity contribution in [2.45, 2.75) is 196 Å². The maximum absolute atomic E-state index is 13.2. The zero-order chi connectivity index (χ0) is 35.0. The van der Waals surface area contributed by atoms with Crippen LogP contribution >= 0.6 is 0 Å². The van der Waals surface area contributed by atoms with Gasteiger partial charge in [0.2, 0.25) is 0 Å². The molecule has 0 bridgehead atoms. The molecule has 0 saturated heterocycles. The number of esters is 1. The van der Waals surface area contributed by atoms with Crippen LogP contribution in [0.2, 0.25) is 0 Å². The van der Waals surface area contributed by atoms with Crippen molar-refractivity contribution in [3.8, 4) is 0 Å². The maximum atomic E-state index is 13.2. The third kappa shape index (κ3) is 6.52. The largest absolute Gasteiger partial charge is 0.462 e. The summed E-state index contributed by atoms with van der Waals surface area (Å²) in [5.74, 6) is 2.38. The normalized spacial score (nSPS) is 43.1. The summed E-state index contributed by atoms with van der Waals surface area (Å²) in [6, 6.07) is 0. The average Bonchev–Trinajstić information content (AvgIpc) is 3.43. The number of unbranched alkanes of at least 4 members (excludes halogenated alkanes) is 10. The van der Waals surface area contributed by atoms with E-state index in [9.17, 15) is 15.0 Å². The van der Waals surface area contributed by atoms with Gasteiger partial charge < -0.3 is 14.9 Å². The van der Waals surface area contributed by atoms with Gasteiger partial charge in [0.1, 0.15) is 6.10 Å². The van der Waals surface area contributed by atoms with E-state index in [0.29, 0.717) is 36.0 Å². The lowest BCUT2D eigenvalue weighted by atomic mass is 9.32. The Morgan fingerprint density at radius 2 is 1.40 bits per heavy atom. The first-order valence-electron chi connectivity index (χ1n) is 20.9. The Balaban J connectivity index is 1.19. The topological polar surface area (TPSA) is 66.8 Å². The zero-order valence-corrected chi connectivity index (χ0v) is 32.5. The number of fused-ring (bicyclic) bond motifs is 7. The van der Waals surface area contributed by atoms with E-state index in [0.717, 1.165) is 44.9 Å². The molecule has 2 N–H and O–H groups in total. The third-order valence-electron chi connectivity index (χ3n) is 16.8. The van der Waals surface area contributed by atoms with Gasteiger partial charge in [-0.05, 0) is 117 Å². The highest BCUT2D eigenvalue weighted by molar-refractivity contribution is 5.69. The molecule has 0 aromatic heterocycles. The number of carbonyl (C=O) groups is 1. The molecule has 0 aliphatic heterocycles. The Morgan fingerprint density at radius 1 is 0.771 bits per heavy atom. The first-order valence-corrected chi connectivity index (χ1v) is 20.9. The van der Waals surface area contributed by atoms with E-state index >= 15 is 0 Å². The molecular formula is C44H76O4. The van der Waals surface area contributed by atoms with Crippen LogP contribution in [0.1, 0.15) is 183 Å². The van der Waals surface area contributed by atoms with E-state index < -0.39 is 6.10 Å². The van der Waals surface area contributed by atoms with Crippen molar-refractivity contribution in [2.24, 2.45) is 56.7 Å². The van der Waals surface area contributed by atoms with Gasteiger partial charge in [-0.2, -0.15) is 0 Å². The summed E-state index contributed by atoms with van der Waals surface area (Å²) in [7, 11) is 0. The Bertz CT molecular complexity index is 1110. The standard InChI is InChI=1S/C44H76O4/c1-9-10-11-12-13-14-15-16-17-18-19-20-38(47)48-37-25-26-41(6)34(40(37,4)5)24-27-42(7)35(41)22-21-33-39-32(31(2)3)23-28-44(39,30-45)36(46)29-43(33,42)8/h32-37,39,45-46H,2,9-30H2,1,3-8H3/t32-,33-,34-,35+,36-,37-,39+,41-,42+,43+,44-/m0/s1. The van der Waals surface area contributed by atoms with Crippen molar-refractivity contribution < 1.29 is 19.7 Å². The zero-order valence-electron chi connectivity index (χ0n) is 32.5. The van der Waals surface area contributed by atoms with Gasteiger partial charge in [-0.3, -0.25) is 4.79 Å². The molecule has 4 heteroatoms. The highest BCUT2D eigenvalue weighted by Crippen LogP contribution is 2.77. The minimum Gasteiger partial charge on any atom is -0.462 e. The van der Waals surface area contributed by atoms with Gasteiger partial charge in [-0.25, -0.2) is 0 Å². The Labute approximate surface area is 296 Å². The van der Waals surface area contributed by atoms with E-state index in [1.807, 2.05) is 0 Å². The third-order valence-corrected chi connectivity index (χ3v) is 16.8. The molecule has 0 aromatic carbocycles. The van der Waals surface area contributed by atoms with Crippen LogP contribution in [-0.2, 0) is 9.53 Å². The van der Waals surface area contributed by atoms with Gasteiger partial charge in [0.15, 0.2) is 0 Å². The number of ether oxygens (including phenoxy) is 1. The van der Waals surface area contributed by atoms with Gasteiger partial charge in [0, 0.05) is 17.3 Å². The maximum Gasteiger partial charge on any atom is 0.306 e. The van der Waals surface area contributed by atoms with E-state index in [4.69, 9.17) is 4.74 Å². The Kier molecular flexibility index (Phi) is 12.0. The summed E-state index contributed by atoms with van der Waals surface area (Å²) in [5, 5.41) is 22.8. The smallest absolute Gasteiger partial charge is 0.306 e. The fourth-order valence-corrected chi connectivity index (χ4v) is 14.0. The molecule has 5 rings (SSSR count). The minimum absolute atomic E-state index is 0.00329. The van der Waals surface area contributed by atoms with Crippen molar-refractivity contribution in [3.63, 3.8) is 0 Å². The number of hydrogen-bond donors (Lipinski definition) is 2. The molecule has 5 fully saturated rings. The highest BCUT2D eigenvalue weighted by atomic mass is 16.5. The summed E-state index contributed by atoms with van der Waals surface area (Å²) in [5.41, 5.74) is 1.20. The second kappa shape index (κ2) is 15.0. The molecular weight excluding hydrogens is 592 g/mol. The molecule has 0 amide bonds. The molecule has 276 valence electrons. The number of carbonyl (C=O) groups excluding carboxylic acids is 1. The Morgan fingerprint density at radius 3 is 2.00 bits per heavy atom. The van der Waals surface area contributed by atoms with Gasteiger partial charge in [0.05, 0.1) is 12.7 Å². The van der Waals surface area contributed by atoms with Crippen LogP contribution in [0.4, 0.5) is 0 Å². The average molecular weight is 669 g/mol.